The number of aliphatic hydroxyl groups is 1. The van der Waals surface area contributed by atoms with Gasteiger partial charge in [0.15, 0.2) is 0 Å². The van der Waals surface area contributed by atoms with Gasteiger partial charge in [-0.25, -0.2) is 4.98 Å². The van der Waals surface area contributed by atoms with Gasteiger partial charge in [-0.05, 0) is 29.3 Å². The van der Waals surface area contributed by atoms with E-state index in [2.05, 4.69) is 4.98 Å². The third kappa shape index (κ3) is 2.08. The number of pyridine rings is 1. The lowest BCUT2D eigenvalue weighted by atomic mass is 10.0. The zero-order valence-corrected chi connectivity index (χ0v) is 8.59. The zero-order chi connectivity index (χ0) is 11.4. The van der Waals surface area contributed by atoms with Gasteiger partial charge in [-0.3, -0.25) is 0 Å². The summed E-state index contributed by atoms with van der Waals surface area (Å²) in [7, 11) is 0. The molecule has 2 aromatic rings. The molecule has 0 bridgehead atoms. The molecule has 0 unspecified atom stereocenters. The van der Waals surface area contributed by atoms with Crippen molar-refractivity contribution in [2.24, 2.45) is 0 Å². The Labute approximate surface area is 93.6 Å². The highest BCUT2D eigenvalue weighted by atomic mass is 16.3. The molecular formula is C13H10N2O. The van der Waals surface area contributed by atoms with E-state index in [1.165, 1.54) is 0 Å². The van der Waals surface area contributed by atoms with Crippen LogP contribution in [0.5, 0.6) is 0 Å². The van der Waals surface area contributed by atoms with Gasteiger partial charge in [-0.1, -0.05) is 18.2 Å². The molecule has 0 saturated carbocycles. The van der Waals surface area contributed by atoms with E-state index in [1.54, 1.807) is 12.3 Å². The number of nitrogens with zero attached hydrogens (tertiary/aromatic N) is 2. The Balaban J connectivity index is 2.39. The van der Waals surface area contributed by atoms with Crippen LogP contribution in [0, 0.1) is 11.3 Å². The van der Waals surface area contributed by atoms with Crippen molar-refractivity contribution >= 4 is 0 Å². The molecule has 0 radical (unpaired) electrons. The molecule has 1 heterocycles. The van der Waals surface area contributed by atoms with Crippen molar-refractivity contribution in [2.45, 2.75) is 6.61 Å². The first-order chi connectivity index (χ1) is 7.83. The Morgan fingerprint density at radius 1 is 1.19 bits per heavy atom. The molecule has 3 heteroatoms. The number of aliphatic hydroxyl groups excluding tert-OH is 1. The van der Waals surface area contributed by atoms with Gasteiger partial charge in [0.1, 0.15) is 11.8 Å². The fraction of sp³-hybridized carbons (Fsp3) is 0.0769. The van der Waals surface area contributed by atoms with Gasteiger partial charge >= 0.3 is 0 Å². The van der Waals surface area contributed by atoms with Crippen LogP contribution in [0.25, 0.3) is 11.1 Å². The van der Waals surface area contributed by atoms with Gasteiger partial charge in [0.05, 0.1) is 6.61 Å². The van der Waals surface area contributed by atoms with Gasteiger partial charge in [0, 0.05) is 11.8 Å². The maximum Gasteiger partial charge on any atom is 0.140 e. The van der Waals surface area contributed by atoms with E-state index in [4.69, 9.17) is 10.4 Å². The number of hydrogen-bond acceptors (Lipinski definition) is 3. The average Bonchev–Trinajstić information content (AvgIpc) is 2.39. The molecule has 0 aliphatic carbocycles. The van der Waals surface area contributed by atoms with Crippen LogP contribution in [-0.4, -0.2) is 10.1 Å². The lowest BCUT2D eigenvalue weighted by Crippen LogP contribution is -1.86. The summed E-state index contributed by atoms with van der Waals surface area (Å²) in [4.78, 5) is 4.01. The zero-order valence-electron chi connectivity index (χ0n) is 8.59. The molecule has 3 nitrogen and oxygen atoms in total. The van der Waals surface area contributed by atoms with E-state index in [9.17, 15) is 0 Å². The second-order valence-corrected chi connectivity index (χ2v) is 3.40. The third-order valence-electron chi connectivity index (χ3n) is 2.32. The van der Waals surface area contributed by atoms with Crippen LogP contribution in [0.1, 0.15) is 11.3 Å². The molecule has 0 aliphatic rings. The van der Waals surface area contributed by atoms with Crippen LogP contribution < -0.4 is 0 Å². The van der Waals surface area contributed by atoms with Gasteiger partial charge in [-0.2, -0.15) is 5.26 Å². The molecule has 1 aromatic heterocycles. The number of rotatable bonds is 2. The molecule has 1 aromatic carbocycles. The molecular weight excluding hydrogens is 200 g/mol. The third-order valence-corrected chi connectivity index (χ3v) is 2.32. The summed E-state index contributed by atoms with van der Waals surface area (Å²) in [6.45, 7) is 0.0253. The Morgan fingerprint density at radius 3 is 2.69 bits per heavy atom. The Hall–Kier alpha value is -2.18. The lowest BCUT2D eigenvalue weighted by molar-refractivity contribution is 0.282. The highest BCUT2D eigenvalue weighted by molar-refractivity contribution is 5.63. The standard InChI is InChI=1S/C13H10N2O/c14-7-13-5-4-12(8-15-13)11-3-1-2-10(6-11)9-16/h1-6,8,16H,9H2. The van der Waals surface area contributed by atoms with Crippen molar-refractivity contribution < 1.29 is 5.11 Å². The van der Waals surface area contributed by atoms with Gasteiger partial charge in [-0.15, -0.1) is 0 Å². The van der Waals surface area contributed by atoms with Gasteiger partial charge < -0.3 is 5.11 Å². The summed E-state index contributed by atoms with van der Waals surface area (Å²) >= 11 is 0. The van der Waals surface area contributed by atoms with Crippen LogP contribution in [0.2, 0.25) is 0 Å². The van der Waals surface area contributed by atoms with Crippen LogP contribution in [0.4, 0.5) is 0 Å². The highest BCUT2D eigenvalue weighted by Crippen LogP contribution is 2.19. The van der Waals surface area contributed by atoms with E-state index in [0.29, 0.717) is 5.69 Å². The summed E-state index contributed by atoms with van der Waals surface area (Å²) < 4.78 is 0. The molecule has 0 aliphatic heterocycles. The molecule has 0 spiro atoms. The Kier molecular flexibility index (Phi) is 2.95. The van der Waals surface area contributed by atoms with Crippen molar-refractivity contribution in [3.05, 3.63) is 53.9 Å². The molecule has 1 N–H and O–H groups in total. The summed E-state index contributed by atoms with van der Waals surface area (Å²) in [5.41, 5.74) is 3.20. The largest absolute Gasteiger partial charge is 0.392 e. The predicted octanol–water partition coefficient (Wildman–Crippen LogP) is 2.11. The minimum Gasteiger partial charge on any atom is -0.392 e. The number of nitriles is 1. The van der Waals surface area contributed by atoms with Gasteiger partial charge in [0.2, 0.25) is 0 Å². The van der Waals surface area contributed by atoms with E-state index >= 15 is 0 Å². The average molecular weight is 210 g/mol. The van der Waals surface area contributed by atoms with Crippen molar-refractivity contribution in [3.63, 3.8) is 0 Å². The Morgan fingerprint density at radius 2 is 2.06 bits per heavy atom. The summed E-state index contributed by atoms with van der Waals surface area (Å²) in [5, 5.41) is 17.7. The molecule has 0 fully saturated rings. The Bertz CT molecular complexity index is 526. The highest BCUT2D eigenvalue weighted by Gasteiger charge is 1.99. The molecule has 78 valence electrons. The first kappa shape index (κ1) is 10.3. The maximum atomic E-state index is 9.03. The monoisotopic (exact) mass is 210 g/mol. The number of aromatic nitrogens is 1. The number of benzene rings is 1. The van der Waals surface area contributed by atoms with Crippen LogP contribution in [0.15, 0.2) is 42.6 Å². The SMILES string of the molecule is N#Cc1ccc(-c2cccc(CO)c2)cn1. The molecule has 0 amide bonds. The van der Waals surface area contributed by atoms with Crippen LogP contribution in [-0.2, 0) is 6.61 Å². The fourth-order valence-corrected chi connectivity index (χ4v) is 1.48. The summed E-state index contributed by atoms with van der Waals surface area (Å²) in [6, 6.07) is 13.1. The topological polar surface area (TPSA) is 56.9 Å². The molecule has 0 saturated heterocycles. The van der Waals surface area contributed by atoms with Crippen LogP contribution >= 0.6 is 0 Å². The van der Waals surface area contributed by atoms with Crippen molar-refractivity contribution in [3.8, 4) is 17.2 Å². The first-order valence-corrected chi connectivity index (χ1v) is 4.90. The first-order valence-electron chi connectivity index (χ1n) is 4.90. The van der Waals surface area contributed by atoms with E-state index in [1.807, 2.05) is 36.4 Å². The van der Waals surface area contributed by atoms with Crippen molar-refractivity contribution in [1.82, 2.24) is 4.98 Å². The fourth-order valence-electron chi connectivity index (χ4n) is 1.48. The molecule has 2 rings (SSSR count). The molecule has 0 atom stereocenters. The van der Waals surface area contributed by atoms with Gasteiger partial charge in [0.25, 0.3) is 0 Å². The minimum absolute atomic E-state index is 0.0253. The second kappa shape index (κ2) is 4.56. The number of hydrogen-bond donors (Lipinski definition) is 1. The minimum atomic E-state index is 0.0253. The van der Waals surface area contributed by atoms with Crippen LogP contribution in [0.3, 0.4) is 0 Å². The lowest BCUT2D eigenvalue weighted by Gasteiger charge is -2.03. The summed E-state index contributed by atoms with van der Waals surface area (Å²) in [6.07, 6.45) is 1.66. The maximum absolute atomic E-state index is 9.03. The molecule has 16 heavy (non-hydrogen) atoms. The van der Waals surface area contributed by atoms with E-state index in [-0.39, 0.29) is 6.61 Å². The van der Waals surface area contributed by atoms with E-state index in [0.717, 1.165) is 16.7 Å². The van der Waals surface area contributed by atoms with Crippen molar-refractivity contribution in [2.75, 3.05) is 0 Å². The summed E-state index contributed by atoms with van der Waals surface area (Å²) in [5.74, 6) is 0. The smallest absolute Gasteiger partial charge is 0.140 e. The second-order valence-electron chi connectivity index (χ2n) is 3.40. The quantitative estimate of drug-likeness (QED) is 0.825. The van der Waals surface area contributed by atoms with E-state index < -0.39 is 0 Å². The van der Waals surface area contributed by atoms with Crippen molar-refractivity contribution in [1.29, 1.82) is 5.26 Å². The predicted molar refractivity (Wildman–Crippen MR) is 60.3 cm³/mol. The normalized spacial score (nSPS) is 9.75.